The number of nitro benzene ring substituents is 2. The topological polar surface area (TPSA) is 130 Å². The van der Waals surface area contributed by atoms with Crippen molar-refractivity contribution in [3.05, 3.63) is 79.9 Å². The smallest absolute Gasteiger partial charge is 0.338 e. The van der Waals surface area contributed by atoms with Crippen LogP contribution in [0.15, 0.2) is 48.5 Å². The van der Waals surface area contributed by atoms with E-state index in [-0.39, 0.29) is 22.5 Å². The highest BCUT2D eigenvalue weighted by atomic mass is 16.6. The molecule has 0 aliphatic carbocycles. The molecule has 0 aromatic heterocycles. The maximum Gasteiger partial charge on any atom is 0.338 e. The molecule has 2 aromatic rings. The lowest BCUT2D eigenvalue weighted by Gasteiger charge is -2.04. The molecule has 24 heavy (non-hydrogen) atoms. The lowest BCUT2D eigenvalue weighted by atomic mass is 10.1. The number of nitrogens with zero attached hydrogens (tertiary/aromatic N) is 2. The fraction of sp³-hybridized carbons (Fsp3) is 0.0667. The number of Topliss-reactive ketones (excluding diaryl/α,β-unsaturated/α-hetero) is 1. The Bertz CT molecular complexity index is 728. The molecule has 0 heterocycles. The third kappa shape index (κ3) is 3.97. The number of nitro groups is 2. The highest BCUT2D eigenvalue weighted by Crippen LogP contribution is 2.14. The summed E-state index contributed by atoms with van der Waals surface area (Å²) in [7, 11) is 0. The Labute approximate surface area is 134 Å². The van der Waals surface area contributed by atoms with E-state index in [0.29, 0.717) is 0 Å². The predicted molar refractivity (Wildman–Crippen MR) is 80.8 cm³/mol. The van der Waals surface area contributed by atoms with Crippen molar-refractivity contribution in [3.8, 4) is 0 Å². The third-order valence-electron chi connectivity index (χ3n) is 3.05. The van der Waals surface area contributed by atoms with Crippen molar-refractivity contribution in [2.75, 3.05) is 6.61 Å². The number of hydrogen-bond donors (Lipinski definition) is 0. The number of hydrogen-bond acceptors (Lipinski definition) is 7. The highest BCUT2D eigenvalue weighted by Gasteiger charge is 2.14. The first-order chi connectivity index (χ1) is 11.4. The summed E-state index contributed by atoms with van der Waals surface area (Å²) >= 11 is 0. The quantitative estimate of drug-likeness (QED) is 0.344. The van der Waals surface area contributed by atoms with Gasteiger partial charge < -0.3 is 4.74 Å². The molecule has 0 aliphatic heterocycles. The molecular formula is C15H10N2O7. The molecule has 2 aromatic carbocycles. The number of carbonyl (C=O) groups excluding carboxylic acids is 2. The number of non-ortho nitro benzene ring substituents is 2. The van der Waals surface area contributed by atoms with Crippen LogP contribution >= 0.6 is 0 Å². The Balaban J connectivity index is 1.96. The van der Waals surface area contributed by atoms with Crippen molar-refractivity contribution >= 4 is 23.1 Å². The number of esters is 1. The van der Waals surface area contributed by atoms with Gasteiger partial charge in [-0.25, -0.2) is 4.79 Å². The first kappa shape index (κ1) is 16.7. The third-order valence-corrected chi connectivity index (χ3v) is 3.05. The fourth-order valence-corrected chi connectivity index (χ4v) is 1.79. The van der Waals surface area contributed by atoms with Gasteiger partial charge in [0.05, 0.1) is 15.4 Å². The van der Waals surface area contributed by atoms with Gasteiger partial charge in [0.15, 0.2) is 12.4 Å². The summed E-state index contributed by atoms with van der Waals surface area (Å²) in [4.78, 5) is 43.5. The molecule has 9 heteroatoms. The molecule has 2 rings (SSSR count). The Morgan fingerprint density at radius 1 is 0.792 bits per heavy atom. The van der Waals surface area contributed by atoms with Gasteiger partial charge in [0.1, 0.15) is 0 Å². The summed E-state index contributed by atoms with van der Waals surface area (Å²) in [6.07, 6.45) is 0. The first-order valence-corrected chi connectivity index (χ1v) is 6.57. The summed E-state index contributed by atoms with van der Waals surface area (Å²) in [5.41, 5.74) is -0.0999. The van der Waals surface area contributed by atoms with Crippen LogP contribution in [-0.4, -0.2) is 28.2 Å². The molecule has 122 valence electrons. The lowest BCUT2D eigenvalue weighted by molar-refractivity contribution is -0.385. The molecule has 0 amide bonds. The minimum absolute atomic E-state index is 0.0668. The van der Waals surface area contributed by atoms with Gasteiger partial charge in [-0.15, -0.1) is 0 Å². The van der Waals surface area contributed by atoms with Gasteiger partial charge in [0, 0.05) is 29.8 Å². The molecule has 0 atom stereocenters. The van der Waals surface area contributed by atoms with Crippen LogP contribution in [0.25, 0.3) is 0 Å². The summed E-state index contributed by atoms with van der Waals surface area (Å²) in [5.74, 6) is -1.33. The van der Waals surface area contributed by atoms with E-state index in [9.17, 15) is 29.8 Å². The highest BCUT2D eigenvalue weighted by molar-refractivity contribution is 5.99. The minimum atomic E-state index is -0.805. The fourth-order valence-electron chi connectivity index (χ4n) is 1.79. The van der Waals surface area contributed by atoms with E-state index < -0.39 is 28.2 Å². The van der Waals surface area contributed by atoms with Gasteiger partial charge in [0.25, 0.3) is 11.4 Å². The SMILES string of the molecule is O=C(COC(=O)c1ccc([N+](=O)[O-])cc1)c1ccc([N+](=O)[O-])cc1. The van der Waals surface area contributed by atoms with E-state index in [1.165, 1.54) is 36.4 Å². The minimum Gasteiger partial charge on any atom is -0.454 e. The van der Waals surface area contributed by atoms with Gasteiger partial charge in [-0.05, 0) is 24.3 Å². The van der Waals surface area contributed by atoms with Crippen LogP contribution in [0.1, 0.15) is 20.7 Å². The van der Waals surface area contributed by atoms with Gasteiger partial charge in [-0.2, -0.15) is 0 Å². The monoisotopic (exact) mass is 330 g/mol. The largest absolute Gasteiger partial charge is 0.454 e. The second-order valence-electron chi connectivity index (χ2n) is 4.61. The Hall–Kier alpha value is -3.62. The molecule has 0 spiro atoms. The van der Waals surface area contributed by atoms with E-state index >= 15 is 0 Å². The van der Waals surface area contributed by atoms with Gasteiger partial charge >= 0.3 is 5.97 Å². The summed E-state index contributed by atoms with van der Waals surface area (Å²) in [6, 6.07) is 9.61. The van der Waals surface area contributed by atoms with Crippen LogP contribution in [0.3, 0.4) is 0 Å². The van der Waals surface area contributed by atoms with E-state index in [4.69, 9.17) is 4.74 Å². The number of ketones is 1. The standard InChI is InChI=1S/C15H10N2O7/c18-14(10-1-5-12(6-2-10)16(20)21)9-24-15(19)11-3-7-13(8-4-11)17(22)23/h1-8H,9H2. The van der Waals surface area contributed by atoms with Crippen molar-refractivity contribution in [3.63, 3.8) is 0 Å². The van der Waals surface area contributed by atoms with Crippen LogP contribution in [0.5, 0.6) is 0 Å². The van der Waals surface area contributed by atoms with Gasteiger partial charge in [-0.3, -0.25) is 25.0 Å². The van der Waals surface area contributed by atoms with E-state index in [1.54, 1.807) is 0 Å². The molecule has 9 nitrogen and oxygen atoms in total. The van der Waals surface area contributed by atoms with Crippen molar-refractivity contribution in [1.82, 2.24) is 0 Å². The summed E-state index contributed by atoms with van der Waals surface area (Å²) < 4.78 is 4.83. The first-order valence-electron chi connectivity index (χ1n) is 6.57. The number of benzene rings is 2. The molecule has 0 N–H and O–H groups in total. The normalized spacial score (nSPS) is 10.0. The van der Waals surface area contributed by atoms with Crippen LogP contribution in [-0.2, 0) is 4.74 Å². The molecule has 0 bridgehead atoms. The molecular weight excluding hydrogens is 320 g/mol. The zero-order valence-corrected chi connectivity index (χ0v) is 12.1. The molecule has 0 radical (unpaired) electrons. The molecule has 0 fully saturated rings. The van der Waals surface area contributed by atoms with E-state index in [0.717, 1.165) is 12.1 Å². The Morgan fingerprint density at radius 2 is 1.21 bits per heavy atom. The van der Waals surface area contributed by atoms with Crippen LogP contribution < -0.4 is 0 Å². The van der Waals surface area contributed by atoms with Crippen molar-refractivity contribution in [2.45, 2.75) is 0 Å². The number of carbonyl (C=O) groups is 2. The maximum absolute atomic E-state index is 11.9. The predicted octanol–water partition coefficient (Wildman–Crippen LogP) is 2.54. The zero-order valence-electron chi connectivity index (χ0n) is 12.1. The molecule has 0 saturated carbocycles. The second-order valence-corrected chi connectivity index (χ2v) is 4.61. The Morgan fingerprint density at radius 3 is 1.62 bits per heavy atom. The van der Waals surface area contributed by atoms with E-state index in [1.807, 2.05) is 0 Å². The van der Waals surface area contributed by atoms with Crippen molar-refractivity contribution in [2.24, 2.45) is 0 Å². The molecule has 0 aliphatic rings. The lowest BCUT2D eigenvalue weighted by Crippen LogP contribution is -2.14. The van der Waals surface area contributed by atoms with Crippen LogP contribution in [0.2, 0.25) is 0 Å². The molecule has 0 unspecified atom stereocenters. The summed E-state index contributed by atoms with van der Waals surface area (Å²) in [6.45, 7) is -0.548. The zero-order chi connectivity index (χ0) is 17.7. The molecule has 0 saturated heterocycles. The van der Waals surface area contributed by atoms with Crippen molar-refractivity contribution in [1.29, 1.82) is 0 Å². The van der Waals surface area contributed by atoms with Crippen molar-refractivity contribution < 1.29 is 24.2 Å². The van der Waals surface area contributed by atoms with Gasteiger partial charge in [-0.1, -0.05) is 0 Å². The second kappa shape index (κ2) is 7.09. The Kier molecular flexibility index (Phi) is 4.95. The average molecular weight is 330 g/mol. The van der Waals surface area contributed by atoms with Crippen LogP contribution in [0, 0.1) is 20.2 Å². The van der Waals surface area contributed by atoms with Crippen LogP contribution in [0.4, 0.5) is 11.4 Å². The number of ether oxygens (including phenoxy) is 1. The maximum atomic E-state index is 11.9. The van der Waals surface area contributed by atoms with E-state index in [2.05, 4.69) is 0 Å². The van der Waals surface area contributed by atoms with Gasteiger partial charge in [0.2, 0.25) is 0 Å². The number of rotatable bonds is 6. The summed E-state index contributed by atoms with van der Waals surface area (Å²) in [5, 5.41) is 21.1. The average Bonchev–Trinajstić information content (AvgIpc) is 2.59.